The Balaban J connectivity index is 1.23. The average molecular weight is 599 g/mol. The van der Waals surface area contributed by atoms with E-state index in [0.29, 0.717) is 17.2 Å². The fraction of sp³-hybridized carbons (Fsp3) is 0.429. The molecular formula is C35H46N4O3Si. The minimum absolute atomic E-state index is 0.0318. The smallest absolute Gasteiger partial charge is 0.192 e. The maximum absolute atomic E-state index is 13.1. The highest BCUT2D eigenvalue weighted by atomic mass is 28.4. The fourth-order valence-corrected chi connectivity index (χ4v) is 6.67. The Kier molecular flexibility index (Phi) is 8.99. The van der Waals surface area contributed by atoms with Crippen molar-refractivity contribution in [2.75, 3.05) is 26.8 Å². The van der Waals surface area contributed by atoms with Crippen LogP contribution < -0.4 is 4.74 Å². The van der Waals surface area contributed by atoms with Crippen molar-refractivity contribution in [2.45, 2.75) is 71.1 Å². The van der Waals surface area contributed by atoms with Crippen LogP contribution in [0.15, 0.2) is 73.3 Å². The first-order valence-electron chi connectivity index (χ1n) is 15.3. The standard InChI is InChI=1S/C35H46N4O3Si/c1-26-24-38(25-36-26)31-13-12-29(23-34(31)41-5)33(40)16-19-37-17-14-27(15-18-37)32-22-28-10-8-9-11-30(28)39(32)20-21-42-43(6,7)35(2,3)4/h8-13,16,19,22-25,27H,14-15,17-18,20-21H2,1-7H3/b19-16+. The molecule has 0 amide bonds. The van der Waals surface area contributed by atoms with Gasteiger partial charge in [-0.15, -0.1) is 0 Å². The number of imidazole rings is 1. The number of aromatic nitrogens is 3. The third-order valence-corrected chi connectivity index (χ3v) is 13.8. The fourth-order valence-electron chi connectivity index (χ4n) is 5.64. The predicted octanol–water partition coefficient (Wildman–Crippen LogP) is 7.74. The molecule has 7 nitrogen and oxygen atoms in total. The average Bonchev–Trinajstić information content (AvgIpc) is 3.58. The predicted molar refractivity (Wildman–Crippen MR) is 177 cm³/mol. The Hall–Kier alpha value is -3.62. The number of carbonyl (C=O) groups excluding carboxylic acids is 1. The highest BCUT2D eigenvalue weighted by Crippen LogP contribution is 2.37. The second-order valence-electron chi connectivity index (χ2n) is 13.2. The molecule has 0 aliphatic carbocycles. The zero-order valence-electron chi connectivity index (χ0n) is 26.8. The van der Waals surface area contributed by atoms with E-state index in [1.165, 1.54) is 16.6 Å². The number of likely N-dealkylation sites (tertiary alicyclic amines) is 1. The van der Waals surface area contributed by atoms with Gasteiger partial charge in [0.1, 0.15) is 5.75 Å². The minimum Gasteiger partial charge on any atom is -0.495 e. The molecule has 0 atom stereocenters. The Morgan fingerprint density at radius 2 is 1.84 bits per heavy atom. The third kappa shape index (κ3) is 6.81. The summed E-state index contributed by atoms with van der Waals surface area (Å²) < 4.78 is 16.6. The third-order valence-electron chi connectivity index (χ3n) is 9.27. The molecule has 2 aromatic heterocycles. The Bertz CT molecular complexity index is 1600. The van der Waals surface area contributed by atoms with E-state index in [-0.39, 0.29) is 10.8 Å². The Labute approximate surface area is 257 Å². The molecular weight excluding hydrogens is 552 g/mol. The monoisotopic (exact) mass is 598 g/mol. The molecule has 0 N–H and O–H groups in total. The van der Waals surface area contributed by atoms with Gasteiger partial charge in [-0.3, -0.25) is 4.79 Å². The van der Waals surface area contributed by atoms with Gasteiger partial charge in [0.15, 0.2) is 14.1 Å². The number of benzene rings is 2. The van der Waals surface area contributed by atoms with Gasteiger partial charge < -0.3 is 23.2 Å². The second-order valence-corrected chi connectivity index (χ2v) is 18.0. The summed E-state index contributed by atoms with van der Waals surface area (Å²) in [4.78, 5) is 19.6. The molecule has 8 heteroatoms. The van der Waals surface area contributed by atoms with E-state index in [1.807, 2.05) is 36.0 Å². The summed E-state index contributed by atoms with van der Waals surface area (Å²) >= 11 is 0. The van der Waals surface area contributed by atoms with Gasteiger partial charge in [-0.05, 0) is 73.6 Å². The molecule has 43 heavy (non-hydrogen) atoms. The van der Waals surface area contributed by atoms with Crippen molar-refractivity contribution in [3.05, 3.63) is 90.3 Å². The molecule has 1 fully saturated rings. The van der Waals surface area contributed by atoms with Gasteiger partial charge >= 0.3 is 0 Å². The van der Waals surface area contributed by atoms with E-state index >= 15 is 0 Å². The van der Waals surface area contributed by atoms with Crippen LogP contribution in [0.1, 0.15) is 61.3 Å². The first kappa shape index (κ1) is 30.8. The van der Waals surface area contributed by atoms with Gasteiger partial charge in [-0.1, -0.05) is 39.0 Å². The lowest BCUT2D eigenvalue weighted by atomic mass is 9.93. The van der Waals surface area contributed by atoms with E-state index in [1.54, 1.807) is 25.6 Å². The van der Waals surface area contributed by atoms with E-state index < -0.39 is 8.32 Å². The molecule has 1 aliphatic heterocycles. The van der Waals surface area contributed by atoms with Crippen molar-refractivity contribution in [1.82, 2.24) is 19.0 Å². The van der Waals surface area contributed by atoms with Gasteiger partial charge in [-0.25, -0.2) is 4.98 Å². The Morgan fingerprint density at radius 3 is 2.51 bits per heavy atom. The number of methoxy groups -OCH3 is 1. The lowest BCUT2D eigenvalue weighted by molar-refractivity contribution is 0.104. The van der Waals surface area contributed by atoms with Crippen LogP contribution in [-0.4, -0.2) is 59.9 Å². The van der Waals surface area contributed by atoms with Crippen LogP contribution in [0.25, 0.3) is 16.6 Å². The maximum atomic E-state index is 13.1. The quantitative estimate of drug-likeness (QED) is 0.106. The molecule has 0 bridgehead atoms. The summed E-state index contributed by atoms with van der Waals surface area (Å²) in [5, 5.41) is 1.49. The molecule has 2 aromatic carbocycles. The van der Waals surface area contributed by atoms with Crippen LogP contribution in [0.2, 0.25) is 18.1 Å². The van der Waals surface area contributed by atoms with Crippen LogP contribution >= 0.6 is 0 Å². The molecule has 1 aliphatic rings. The molecule has 228 valence electrons. The number of ether oxygens (including phenoxy) is 1. The summed E-state index contributed by atoms with van der Waals surface area (Å²) in [7, 11) is -0.181. The van der Waals surface area contributed by atoms with E-state index in [0.717, 1.165) is 50.5 Å². The van der Waals surface area contributed by atoms with Gasteiger partial charge in [0.05, 0.1) is 31.4 Å². The summed E-state index contributed by atoms with van der Waals surface area (Å²) in [5.74, 6) is 1.09. The number of piperidine rings is 1. The number of rotatable bonds is 10. The number of carbonyl (C=O) groups is 1. The maximum Gasteiger partial charge on any atom is 0.192 e. The topological polar surface area (TPSA) is 61.5 Å². The number of hydrogen-bond donors (Lipinski definition) is 0. The molecule has 4 aromatic rings. The SMILES string of the molecule is COc1cc(C(=O)/C=C/N2CCC(c3cc4ccccc4n3CCO[Si](C)(C)C(C)(C)C)CC2)ccc1-n1cnc(C)c1. The zero-order chi connectivity index (χ0) is 30.8. The van der Waals surface area contributed by atoms with E-state index in [2.05, 4.69) is 78.6 Å². The van der Waals surface area contributed by atoms with Crippen molar-refractivity contribution in [3.8, 4) is 11.4 Å². The number of ketones is 1. The van der Waals surface area contributed by atoms with Crippen LogP contribution in [0.4, 0.5) is 0 Å². The van der Waals surface area contributed by atoms with Crippen LogP contribution in [0.5, 0.6) is 5.75 Å². The summed E-state index contributed by atoms with van der Waals surface area (Å²) in [5.41, 5.74) is 5.07. The van der Waals surface area contributed by atoms with Crippen LogP contribution in [0, 0.1) is 6.92 Å². The number of fused-ring (bicyclic) bond motifs is 1. The first-order chi connectivity index (χ1) is 20.5. The number of allylic oxidation sites excluding steroid dienone is 1. The number of para-hydroxylation sites is 1. The van der Waals surface area contributed by atoms with Gasteiger partial charge in [-0.2, -0.15) is 0 Å². The molecule has 0 spiro atoms. The van der Waals surface area contributed by atoms with Crippen molar-refractivity contribution >= 4 is 25.0 Å². The van der Waals surface area contributed by atoms with Crippen molar-refractivity contribution in [1.29, 1.82) is 0 Å². The lowest BCUT2D eigenvalue weighted by Gasteiger charge is -2.36. The number of hydrogen-bond acceptors (Lipinski definition) is 5. The Morgan fingerprint density at radius 1 is 1.09 bits per heavy atom. The highest BCUT2D eigenvalue weighted by molar-refractivity contribution is 6.74. The molecule has 3 heterocycles. The number of nitrogens with zero attached hydrogens (tertiary/aromatic N) is 4. The van der Waals surface area contributed by atoms with Gasteiger partial charge in [0.25, 0.3) is 0 Å². The van der Waals surface area contributed by atoms with Crippen molar-refractivity contribution in [3.63, 3.8) is 0 Å². The summed E-state index contributed by atoms with van der Waals surface area (Å²) in [6.07, 6.45) is 9.42. The minimum atomic E-state index is -1.80. The largest absolute Gasteiger partial charge is 0.495 e. The normalized spacial score (nSPS) is 15.1. The van der Waals surface area contributed by atoms with E-state index in [9.17, 15) is 4.79 Å². The molecule has 1 saturated heterocycles. The molecule has 5 rings (SSSR count). The summed E-state index contributed by atoms with van der Waals surface area (Å²) in [6, 6.07) is 16.6. The van der Waals surface area contributed by atoms with E-state index in [4.69, 9.17) is 9.16 Å². The molecule has 0 radical (unpaired) electrons. The van der Waals surface area contributed by atoms with Crippen molar-refractivity contribution < 1.29 is 14.0 Å². The lowest BCUT2D eigenvalue weighted by Crippen LogP contribution is -2.41. The van der Waals surface area contributed by atoms with Crippen LogP contribution in [0.3, 0.4) is 0 Å². The summed E-state index contributed by atoms with van der Waals surface area (Å²) in [6.45, 7) is 16.9. The highest BCUT2D eigenvalue weighted by Gasteiger charge is 2.37. The van der Waals surface area contributed by atoms with Crippen LogP contribution in [-0.2, 0) is 11.0 Å². The van der Waals surface area contributed by atoms with Gasteiger partial charge in [0, 0.05) is 60.8 Å². The zero-order valence-corrected chi connectivity index (χ0v) is 27.8. The van der Waals surface area contributed by atoms with Crippen molar-refractivity contribution in [2.24, 2.45) is 0 Å². The first-order valence-corrected chi connectivity index (χ1v) is 18.3. The van der Waals surface area contributed by atoms with Gasteiger partial charge in [0.2, 0.25) is 0 Å². The molecule has 0 unspecified atom stereocenters. The second kappa shape index (κ2) is 12.5. The molecule has 0 saturated carbocycles. The number of aryl methyl sites for hydroxylation is 1.